The van der Waals surface area contributed by atoms with Crippen molar-refractivity contribution in [1.82, 2.24) is 4.98 Å². The minimum Gasteiger partial charge on any atom is -0.299 e. The highest BCUT2D eigenvalue weighted by Gasteiger charge is 2.68. The highest BCUT2D eigenvalue weighted by molar-refractivity contribution is 5.92. The van der Waals surface area contributed by atoms with E-state index in [9.17, 15) is 4.79 Å². The van der Waals surface area contributed by atoms with Crippen molar-refractivity contribution in [3.63, 3.8) is 0 Å². The maximum atomic E-state index is 12.9. The molecule has 0 amide bonds. The van der Waals surface area contributed by atoms with Crippen molar-refractivity contribution in [2.75, 3.05) is 0 Å². The molecule has 19 heavy (non-hydrogen) atoms. The summed E-state index contributed by atoms with van der Waals surface area (Å²) in [7, 11) is 0. The molecule has 1 aromatic heterocycles. The van der Waals surface area contributed by atoms with Gasteiger partial charge in [-0.15, -0.1) is 0 Å². The maximum Gasteiger partial charge on any atom is 0.146 e. The van der Waals surface area contributed by atoms with E-state index >= 15 is 0 Å². The highest BCUT2D eigenvalue weighted by Crippen LogP contribution is 2.69. The normalized spacial score (nSPS) is 27.7. The molecule has 0 saturated heterocycles. The van der Waals surface area contributed by atoms with Gasteiger partial charge in [0.2, 0.25) is 0 Å². The Balaban J connectivity index is 1.92. The highest BCUT2D eigenvalue weighted by atomic mass is 16.1. The Kier molecular flexibility index (Phi) is 2.64. The molecule has 1 fully saturated rings. The molecule has 1 saturated carbocycles. The van der Waals surface area contributed by atoms with Gasteiger partial charge in [0.05, 0.1) is 11.6 Å². The number of rotatable bonds is 2. The van der Waals surface area contributed by atoms with E-state index < -0.39 is 0 Å². The summed E-state index contributed by atoms with van der Waals surface area (Å²) in [6.45, 7) is 8.88. The minimum absolute atomic E-state index is 0.0380. The van der Waals surface area contributed by atoms with Crippen LogP contribution in [0, 0.1) is 16.7 Å². The molecule has 1 aromatic rings. The van der Waals surface area contributed by atoms with Crippen LogP contribution in [0.4, 0.5) is 0 Å². The van der Waals surface area contributed by atoms with Crippen molar-refractivity contribution >= 4 is 5.78 Å². The first kappa shape index (κ1) is 12.8. The lowest BCUT2D eigenvalue weighted by atomic mass is 9.81. The third-order valence-electron chi connectivity index (χ3n) is 5.84. The van der Waals surface area contributed by atoms with Gasteiger partial charge in [0.25, 0.3) is 0 Å². The monoisotopic (exact) mass is 257 g/mol. The van der Waals surface area contributed by atoms with E-state index in [0.717, 1.165) is 25.0 Å². The first-order chi connectivity index (χ1) is 8.87. The Hall–Kier alpha value is -1.18. The van der Waals surface area contributed by atoms with Crippen molar-refractivity contribution in [3.8, 4) is 0 Å². The molecule has 2 heteroatoms. The van der Waals surface area contributed by atoms with Crippen LogP contribution in [-0.4, -0.2) is 10.8 Å². The molecule has 2 nitrogen and oxygen atoms in total. The fourth-order valence-corrected chi connectivity index (χ4v) is 4.00. The zero-order valence-electron chi connectivity index (χ0n) is 12.4. The molecule has 0 aliphatic heterocycles. The van der Waals surface area contributed by atoms with E-state index in [-0.39, 0.29) is 22.7 Å². The Morgan fingerprint density at radius 1 is 1.26 bits per heavy atom. The van der Waals surface area contributed by atoms with Crippen LogP contribution in [0.2, 0.25) is 0 Å². The number of pyridine rings is 1. The quantitative estimate of drug-likeness (QED) is 0.807. The minimum atomic E-state index is 0.0380. The van der Waals surface area contributed by atoms with Gasteiger partial charge in [-0.2, -0.15) is 0 Å². The Labute approximate surface area is 115 Å². The van der Waals surface area contributed by atoms with Crippen molar-refractivity contribution in [2.24, 2.45) is 16.7 Å². The SMILES string of the molecule is CC1(C)C(C(=O)C2CCCc3cccnc32)C1(C)C. The van der Waals surface area contributed by atoms with Gasteiger partial charge in [0.15, 0.2) is 0 Å². The first-order valence-electron chi connectivity index (χ1n) is 7.35. The second kappa shape index (κ2) is 3.91. The molecular formula is C17H23NO. The van der Waals surface area contributed by atoms with Crippen molar-refractivity contribution < 1.29 is 4.79 Å². The fourth-order valence-electron chi connectivity index (χ4n) is 4.00. The van der Waals surface area contributed by atoms with Gasteiger partial charge >= 0.3 is 0 Å². The van der Waals surface area contributed by atoms with Crippen LogP contribution in [-0.2, 0) is 11.2 Å². The van der Waals surface area contributed by atoms with Gasteiger partial charge in [-0.25, -0.2) is 0 Å². The standard InChI is InChI=1S/C17H23NO/c1-16(2)15(17(16,3)4)14(19)12-9-5-7-11-8-6-10-18-13(11)12/h6,8,10,12,15H,5,7,9H2,1-4H3. The summed E-state index contributed by atoms with van der Waals surface area (Å²) in [6.07, 6.45) is 4.99. The fraction of sp³-hybridized carbons (Fsp3) is 0.647. The lowest BCUT2D eigenvalue weighted by Crippen LogP contribution is -2.23. The Morgan fingerprint density at radius 2 is 1.95 bits per heavy atom. The van der Waals surface area contributed by atoms with Gasteiger partial charge in [-0.1, -0.05) is 33.8 Å². The van der Waals surface area contributed by atoms with Gasteiger partial charge in [-0.05, 0) is 41.7 Å². The molecule has 1 atom stereocenters. The predicted octanol–water partition coefficient (Wildman–Crippen LogP) is 3.75. The molecule has 102 valence electrons. The summed E-state index contributed by atoms with van der Waals surface area (Å²) in [6, 6.07) is 4.11. The molecule has 1 unspecified atom stereocenters. The second-order valence-electron chi connectivity index (χ2n) is 7.27. The predicted molar refractivity (Wildman–Crippen MR) is 76.0 cm³/mol. The molecule has 0 radical (unpaired) electrons. The van der Waals surface area contributed by atoms with E-state index in [2.05, 4.69) is 38.7 Å². The molecule has 2 aliphatic carbocycles. The first-order valence-corrected chi connectivity index (χ1v) is 7.35. The topological polar surface area (TPSA) is 30.0 Å². The third-order valence-corrected chi connectivity index (χ3v) is 5.84. The third kappa shape index (κ3) is 1.69. The summed E-state index contributed by atoms with van der Waals surface area (Å²) in [5.74, 6) is 0.656. The zero-order chi connectivity index (χ0) is 13.8. The molecule has 0 N–H and O–H groups in total. The number of carbonyl (C=O) groups excluding carboxylic acids is 1. The van der Waals surface area contributed by atoms with Crippen LogP contribution in [0.25, 0.3) is 0 Å². The van der Waals surface area contributed by atoms with Crippen LogP contribution in [0.3, 0.4) is 0 Å². The summed E-state index contributed by atoms with van der Waals surface area (Å²) >= 11 is 0. The molecule has 2 aliphatic rings. The summed E-state index contributed by atoms with van der Waals surface area (Å²) < 4.78 is 0. The number of Topliss-reactive ketones (excluding diaryl/α,β-unsaturated/α-hetero) is 1. The van der Waals surface area contributed by atoms with Crippen LogP contribution >= 0.6 is 0 Å². The van der Waals surface area contributed by atoms with Gasteiger partial charge in [0, 0.05) is 12.1 Å². The van der Waals surface area contributed by atoms with Crippen LogP contribution in [0.1, 0.15) is 57.7 Å². The number of aromatic nitrogens is 1. The van der Waals surface area contributed by atoms with Crippen LogP contribution < -0.4 is 0 Å². The Bertz CT molecular complexity index is 516. The van der Waals surface area contributed by atoms with Crippen molar-refractivity contribution in [1.29, 1.82) is 0 Å². The molecule has 0 spiro atoms. The largest absolute Gasteiger partial charge is 0.299 e. The van der Waals surface area contributed by atoms with Crippen LogP contribution in [0.15, 0.2) is 18.3 Å². The number of fused-ring (bicyclic) bond motifs is 1. The number of hydrogen-bond acceptors (Lipinski definition) is 2. The average Bonchev–Trinajstić information content (AvgIpc) is 2.78. The van der Waals surface area contributed by atoms with Crippen molar-refractivity contribution in [3.05, 3.63) is 29.6 Å². The van der Waals surface area contributed by atoms with E-state index in [4.69, 9.17) is 0 Å². The smallest absolute Gasteiger partial charge is 0.146 e. The molecule has 0 aromatic carbocycles. The summed E-state index contributed by atoms with van der Waals surface area (Å²) in [5.41, 5.74) is 2.60. The summed E-state index contributed by atoms with van der Waals surface area (Å²) in [5, 5.41) is 0. The second-order valence-corrected chi connectivity index (χ2v) is 7.27. The van der Waals surface area contributed by atoms with E-state index in [1.165, 1.54) is 5.56 Å². The lowest BCUT2D eigenvalue weighted by molar-refractivity contribution is -0.123. The number of aryl methyl sites for hydroxylation is 1. The summed E-state index contributed by atoms with van der Waals surface area (Å²) in [4.78, 5) is 17.4. The van der Waals surface area contributed by atoms with E-state index in [1.807, 2.05) is 12.3 Å². The van der Waals surface area contributed by atoms with Gasteiger partial charge in [-0.3, -0.25) is 9.78 Å². The van der Waals surface area contributed by atoms with E-state index in [1.54, 1.807) is 0 Å². The van der Waals surface area contributed by atoms with Gasteiger partial charge < -0.3 is 0 Å². The van der Waals surface area contributed by atoms with Gasteiger partial charge in [0.1, 0.15) is 5.78 Å². The molecule has 1 heterocycles. The van der Waals surface area contributed by atoms with Crippen LogP contribution in [0.5, 0.6) is 0 Å². The number of nitrogens with zero attached hydrogens (tertiary/aromatic N) is 1. The number of ketones is 1. The number of carbonyl (C=O) groups is 1. The Morgan fingerprint density at radius 3 is 2.58 bits per heavy atom. The lowest BCUT2D eigenvalue weighted by Gasteiger charge is -2.23. The van der Waals surface area contributed by atoms with Crippen molar-refractivity contribution in [2.45, 2.75) is 52.9 Å². The maximum absolute atomic E-state index is 12.9. The molecule has 0 bridgehead atoms. The molecular weight excluding hydrogens is 234 g/mol. The average molecular weight is 257 g/mol. The molecule has 3 rings (SSSR count). The van der Waals surface area contributed by atoms with E-state index in [0.29, 0.717) is 5.78 Å². The number of hydrogen-bond donors (Lipinski definition) is 0. The zero-order valence-corrected chi connectivity index (χ0v) is 12.4.